The minimum atomic E-state index is 0.378. The molecule has 0 saturated heterocycles. The molecule has 120 valence electrons. The van der Waals surface area contributed by atoms with Crippen LogP contribution in [0.2, 0.25) is 0 Å². The monoisotopic (exact) mass is 304 g/mol. The fourth-order valence-electron chi connectivity index (χ4n) is 6.02. The highest BCUT2D eigenvalue weighted by Gasteiger charge is 2.43. The first-order valence-electron chi connectivity index (χ1n) is 9.85. The maximum Gasteiger partial charge on any atom is 0.0141 e. The zero-order chi connectivity index (χ0) is 15.3. The van der Waals surface area contributed by atoms with E-state index in [0.29, 0.717) is 16.7 Å². The van der Waals surface area contributed by atoms with Crippen LogP contribution in [-0.2, 0) is 0 Å². The molecule has 2 spiro atoms. The van der Waals surface area contributed by atoms with Gasteiger partial charge in [0, 0.05) is 11.3 Å². The van der Waals surface area contributed by atoms with E-state index < -0.39 is 0 Å². The van der Waals surface area contributed by atoms with Gasteiger partial charge in [-0.2, -0.15) is 0 Å². The Kier molecular flexibility index (Phi) is 3.12. The van der Waals surface area contributed by atoms with Crippen molar-refractivity contribution in [1.82, 2.24) is 0 Å². The molecule has 0 aromatic heterocycles. The summed E-state index contributed by atoms with van der Waals surface area (Å²) in [5, 5.41) is 0. The lowest BCUT2D eigenvalue weighted by atomic mass is 9.66. The third kappa shape index (κ3) is 2.03. The lowest BCUT2D eigenvalue weighted by molar-refractivity contribution is 0.222. The molecule has 0 bridgehead atoms. The van der Waals surface area contributed by atoms with E-state index in [1.165, 1.54) is 69.8 Å². The van der Waals surface area contributed by atoms with Crippen molar-refractivity contribution < 1.29 is 0 Å². The quantitative estimate of drug-likeness (QED) is 0.483. The number of hydrogen-bond donors (Lipinski definition) is 0. The Bertz CT molecular complexity index is 652. The van der Waals surface area contributed by atoms with E-state index in [2.05, 4.69) is 42.5 Å². The van der Waals surface area contributed by atoms with E-state index in [9.17, 15) is 0 Å². The molecule has 0 heterocycles. The zero-order valence-corrected chi connectivity index (χ0v) is 14.2. The average Bonchev–Trinajstić information content (AvgIpc) is 3.00. The predicted octanol–water partition coefficient (Wildman–Crippen LogP) is 6.44. The average molecular weight is 304 g/mol. The van der Waals surface area contributed by atoms with Gasteiger partial charge in [-0.1, -0.05) is 81.1 Å². The largest absolute Gasteiger partial charge is 0.0771 e. The van der Waals surface area contributed by atoms with Gasteiger partial charge in [-0.25, -0.2) is 0 Å². The molecule has 5 rings (SSSR count). The van der Waals surface area contributed by atoms with Crippen LogP contribution in [0.15, 0.2) is 59.3 Å². The first-order valence-corrected chi connectivity index (χ1v) is 9.85. The molecule has 1 unspecified atom stereocenters. The van der Waals surface area contributed by atoms with Crippen molar-refractivity contribution in [2.24, 2.45) is 16.7 Å². The zero-order valence-electron chi connectivity index (χ0n) is 14.2. The summed E-state index contributed by atoms with van der Waals surface area (Å²) in [6, 6.07) is 0. The maximum atomic E-state index is 2.59. The summed E-state index contributed by atoms with van der Waals surface area (Å²) >= 11 is 0. The van der Waals surface area contributed by atoms with Crippen molar-refractivity contribution in [3.05, 3.63) is 59.3 Å². The van der Waals surface area contributed by atoms with Gasteiger partial charge in [0.1, 0.15) is 0 Å². The summed E-state index contributed by atoms with van der Waals surface area (Å²) in [6.45, 7) is 0. The predicted molar refractivity (Wildman–Crippen MR) is 97.1 cm³/mol. The standard InChI is InChI=1S/C23H28/c1-3-11-22(12-4-1)15-9-18-17-19-10-16-23(13-5-2-6-14-23)21(19)8-7-20(18)22/h7-10,15-17,20H,1-6,11-14H2. The molecule has 0 amide bonds. The molecule has 0 aliphatic heterocycles. The highest BCUT2D eigenvalue weighted by molar-refractivity contribution is 5.58. The van der Waals surface area contributed by atoms with Gasteiger partial charge in [-0.3, -0.25) is 0 Å². The fraction of sp³-hybridized carbons (Fsp3) is 0.565. The number of allylic oxidation sites excluding steroid dienone is 10. The van der Waals surface area contributed by atoms with E-state index in [1.807, 2.05) is 0 Å². The summed E-state index contributed by atoms with van der Waals surface area (Å²) in [5.41, 5.74) is 5.55. The maximum absolute atomic E-state index is 2.59. The van der Waals surface area contributed by atoms with E-state index in [0.717, 1.165) is 0 Å². The van der Waals surface area contributed by atoms with Gasteiger partial charge in [0.25, 0.3) is 0 Å². The second kappa shape index (κ2) is 5.10. The highest BCUT2D eigenvalue weighted by Crippen LogP contribution is 2.55. The first-order chi connectivity index (χ1) is 11.3. The molecule has 0 N–H and O–H groups in total. The summed E-state index contributed by atoms with van der Waals surface area (Å²) in [5.74, 6) is 0.641. The van der Waals surface area contributed by atoms with Crippen LogP contribution in [0.5, 0.6) is 0 Å². The fourth-order valence-corrected chi connectivity index (χ4v) is 6.02. The Hall–Kier alpha value is -1.30. The number of hydrogen-bond acceptors (Lipinski definition) is 0. The molecule has 23 heavy (non-hydrogen) atoms. The van der Waals surface area contributed by atoms with E-state index in [-0.39, 0.29) is 0 Å². The van der Waals surface area contributed by atoms with Gasteiger partial charge in [0.2, 0.25) is 0 Å². The lowest BCUT2D eigenvalue weighted by Crippen LogP contribution is -2.27. The second-order valence-corrected chi connectivity index (χ2v) is 8.53. The van der Waals surface area contributed by atoms with Crippen LogP contribution < -0.4 is 0 Å². The minimum Gasteiger partial charge on any atom is -0.0771 e. The van der Waals surface area contributed by atoms with Crippen LogP contribution >= 0.6 is 0 Å². The van der Waals surface area contributed by atoms with Gasteiger partial charge >= 0.3 is 0 Å². The summed E-state index contributed by atoms with van der Waals surface area (Å²) < 4.78 is 0. The van der Waals surface area contributed by atoms with Gasteiger partial charge in [0.15, 0.2) is 0 Å². The number of rotatable bonds is 0. The molecular weight excluding hydrogens is 276 g/mol. The van der Waals surface area contributed by atoms with Gasteiger partial charge < -0.3 is 0 Å². The molecule has 1 atom stereocenters. The smallest absolute Gasteiger partial charge is 0.0141 e. The second-order valence-electron chi connectivity index (χ2n) is 8.53. The van der Waals surface area contributed by atoms with Crippen molar-refractivity contribution >= 4 is 0 Å². The van der Waals surface area contributed by atoms with Crippen LogP contribution in [0, 0.1) is 16.7 Å². The Balaban J connectivity index is 1.53. The molecule has 0 radical (unpaired) electrons. The molecule has 0 heteroatoms. The van der Waals surface area contributed by atoms with Crippen molar-refractivity contribution in [2.75, 3.05) is 0 Å². The van der Waals surface area contributed by atoms with Gasteiger partial charge in [-0.15, -0.1) is 0 Å². The van der Waals surface area contributed by atoms with Crippen molar-refractivity contribution in [3.8, 4) is 0 Å². The van der Waals surface area contributed by atoms with E-state index in [4.69, 9.17) is 0 Å². The SMILES string of the molecule is C1=CC2(CCCCC2)C2C=CC3=C(C=CC34CCCCC4)C=C12. The van der Waals surface area contributed by atoms with Crippen LogP contribution in [0.1, 0.15) is 64.2 Å². The molecule has 2 fully saturated rings. The molecule has 5 aliphatic carbocycles. The van der Waals surface area contributed by atoms with Crippen LogP contribution in [-0.4, -0.2) is 0 Å². The van der Waals surface area contributed by atoms with E-state index in [1.54, 1.807) is 11.1 Å². The summed E-state index contributed by atoms with van der Waals surface area (Å²) in [6.07, 6.45) is 31.6. The molecule has 0 aromatic carbocycles. The van der Waals surface area contributed by atoms with Crippen molar-refractivity contribution in [1.29, 1.82) is 0 Å². The Morgan fingerprint density at radius 2 is 1.48 bits per heavy atom. The molecule has 0 nitrogen and oxygen atoms in total. The van der Waals surface area contributed by atoms with Crippen LogP contribution in [0.25, 0.3) is 0 Å². The van der Waals surface area contributed by atoms with Crippen LogP contribution in [0.3, 0.4) is 0 Å². The molecular formula is C23H28. The summed E-state index contributed by atoms with van der Waals surface area (Å²) in [7, 11) is 0. The van der Waals surface area contributed by atoms with Crippen molar-refractivity contribution in [3.63, 3.8) is 0 Å². The molecule has 5 aliphatic rings. The van der Waals surface area contributed by atoms with E-state index >= 15 is 0 Å². The first kappa shape index (κ1) is 14.1. The minimum absolute atomic E-state index is 0.378. The highest BCUT2D eigenvalue weighted by atomic mass is 14.5. The van der Waals surface area contributed by atoms with Gasteiger partial charge in [0.05, 0.1) is 0 Å². The Labute approximate surface area is 140 Å². The molecule has 0 aromatic rings. The topological polar surface area (TPSA) is 0 Å². The Morgan fingerprint density at radius 3 is 2.26 bits per heavy atom. The Morgan fingerprint density at radius 1 is 0.739 bits per heavy atom. The molecule has 2 saturated carbocycles. The lowest BCUT2D eigenvalue weighted by Gasteiger charge is -2.37. The number of fused-ring (bicyclic) bond motifs is 3. The summed E-state index contributed by atoms with van der Waals surface area (Å²) in [4.78, 5) is 0. The van der Waals surface area contributed by atoms with Crippen LogP contribution in [0.4, 0.5) is 0 Å². The third-order valence-electron chi connectivity index (χ3n) is 7.32. The normalized spacial score (nSPS) is 33.0. The van der Waals surface area contributed by atoms with Gasteiger partial charge in [-0.05, 0) is 47.8 Å². The third-order valence-corrected chi connectivity index (χ3v) is 7.32. The van der Waals surface area contributed by atoms with Crippen molar-refractivity contribution in [2.45, 2.75) is 64.2 Å².